The molecule has 0 bridgehead atoms. The van der Waals surface area contributed by atoms with Gasteiger partial charge in [0.15, 0.2) is 0 Å². The second-order valence-corrected chi connectivity index (χ2v) is 6.93. The van der Waals surface area contributed by atoms with Crippen molar-refractivity contribution >= 4 is 12.0 Å². The average Bonchev–Trinajstić information content (AvgIpc) is 3.40. The average molecular weight is 380 g/mol. The van der Waals surface area contributed by atoms with Gasteiger partial charge < -0.3 is 9.84 Å². The number of hydrogen-bond donors (Lipinski definition) is 2. The van der Waals surface area contributed by atoms with E-state index in [-0.39, 0.29) is 17.7 Å². The number of benzene rings is 2. The molecule has 0 saturated heterocycles. The summed E-state index contributed by atoms with van der Waals surface area (Å²) in [5.74, 6) is 0.270. The van der Waals surface area contributed by atoms with Crippen molar-refractivity contribution in [2.45, 2.75) is 31.7 Å². The summed E-state index contributed by atoms with van der Waals surface area (Å²) in [6, 6.07) is 15.0. The molecule has 1 aliphatic carbocycles. The van der Waals surface area contributed by atoms with Crippen LogP contribution < -0.4 is 10.6 Å². The molecule has 1 fully saturated rings. The minimum atomic E-state index is -0.497. The van der Waals surface area contributed by atoms with Crippen molar-refractivity contribution in [2.75, 3.05) is 5.32 Å². The summed E-state index contributed by atoms with van der Waals surface area (Å²) in [6.45, 7) is 0. The van der Waals surface area contributed by atoms with Gasteiger partial charge in [-0.15, -0.1) is 0 Å². The number of halogens is 1. The number of anilines is 1. The van der Waals surface area contributed by atoms with Crippen LogP contribution in [0.15, 0.2) is 59.1 Å². The highest BCUT2D eigenvalue weighted by Crippen LogP contribution is 2.36. The van der Waals surface area contributed by atoms with Crippen molar-refractivity contribution < 1.29 is 13.7 Å². The van der Waals surface area contributed by atoms with E-state index in [1.54, 1.807) is 18.2 Å². The lowest BCUT2D eigenvalue weighted by Crippen LogP contribution is -2.36. The number of carbonyl (C=O) groups excluding carboxylic acids is 1. The standard InChI is InChI=1S/C21H21FN4O2/c22-17-13-7-6-12-16(17)18(14-8-4-5-9-14)23-20(27)25-21-24-19(26-28-21)15-10-2-1-3-11-15/h1-3,6-7,10-14,18H,4-5,8-9H2,(H2,23,24,25,26,27). The number of aromatic nitrogens is 2. The highest BCUT2D eigenvalue weighted by Gasteiger charge is 2.29. The molecule has 0 aliphatic heterocycles. The predicted molar refractivity (Wildman–Crippen MR) is 103 cm³/mol. The van der Waals surface area contributed by atoms with Crippen LogP contribution in [0.4, 0.5) is 15.2 Å². The second-order valence-electron chi connectivity index (χ2n) is 6.93. The molecule has 1 heterocycles. The molecule has 3 aromatic rings. The van der Waals surface area contributed by atoms with Crippen LogP contribution >= 0.6 is 0 Å². The molecule has 0 radical (unpaired) electrons. The minimum absolute atomic E-state index is 0.00458. The van der Waals surface area contributed by atoms with Gasteiger partial charge in [0, 0.05) is 11.1 Å². The van der Waals surface area contributed by atoms with Gasteiger partial charge >= 0.3 is 12.0 Å². The van der Waals surface area contributed by atoms with Crippen molar-refractivity contribution in [3.05, 3.63) is 66.0 Å². The van der Waals surface area contributed by atoms with E-state index in [1.165, 1.54) is 6.07 Å². The van der Waals surface area contributed by atoms with Gasteiger partial charge in [0.05, 0.1) is 6.04 Å². The molecule has 1 atom stereocenters. The van der Waals surface area contributed by atoms with E-state index in [1.807, 2.05) is 30.3 Å². The number of nitrogens with one attached hydrogen (secondary N) is 2. The lowest BCUT2D eigenvalue weighted by molar-refractivity contribution is 0.241. The van der Waals surface area contributed by atoms with Gasteiger partial charge in [0.25, 0.3) is 0 Å². The van der Waals surface area contributed by atoms with Gasteiger partial charge in [0.2, 0.25) is 5.82 Å². The first-order valence-corrected chi connectivity index (χ1v) is 9.42. The topological polar surface area (TPSA) is 80.1 Å². The van der Waals surface area contributed by atoms with E-state index in [9.17, 15) is 9.18 Å². The summed E-state index contributed by atoms with van der Waals surface area (Å²) in [5, 5.41) is 9.34. The molecule has 28 heavy (non-hydrogen) atoms. The van der Waals surface area contributed by atoms with Crippen LogP contribution in [0.2, 0.25) is 0 Å². The summed E-state index contributed by atoms with van der Waals surface area (Å²) in [4.78, 5) is 16.7. The van der Waals surface area contributed by atoms with Gasteiger partial charge in [-0.2, -0.15) is 4.98 Å². The summed E-state index contributed by atoms with van der Waals surface area (Å²) in [6.07, 6.45) is 4.09. The largest absolute Gasteiger partial charge is 0.331 e. The quantitative estimate of drug-likeness (QED) is 0.658. The van der Waals surface area contributed by atoms with Crippen LogP contribution in [0, 0.1) is 11.7 Å². The molecule has 6 nitrogen and oxygen atoms in total. The maximum atomic E-state index is 14.3. The maximum absolute atomic E-state index is 14.3. The summed E-state index contributed by atoms with van der Waals surface area (Å²) in [7, 11) is 0. The van der Waals surface area contributed by atoms with Gasteiger partial charge in [-0.1, -0.05) is 66.5 Å². The third kappa shape index (κ3) is 4.03. The Morgan fingerprint density at radius 3 is 2.54 bits per heavy atom. The summed E-state index contributed by atoms with van der Waals surface area (Å²) >= 11 is 0. The number of carbonyl (C=O) groups is 1. The first-order valence-electron chi connectivity index (χ1n) is 9.42. The first kappa shape index (κ1) is 18.2. The Morgan fingerprint density at radius 2 is 1.79 bits per heavy atom. The molecule has 2 aromatic carbocycles. The molecule has 4 rings (SSSR count). The lowest BCUT2D eigenvalue weighted by atomic mass is 9.91. The third-order valence-electron chi connectivity index (χ3n) is 5.08. The Labute approximate surface area is 162 Å². The normalized spacial score (nSPS) is 15.3. The highest BCUT2D eigenvalue weighted by molar-refractivity contribution is 5.87. The van der Waals surface area contributed by atoms with Crippen molar-refractivity contribution in [1.82, 2.24) is 15.5 Å². The minimum Gasteiger partial charge on any atom is -0.331 e. The molecule has 1 aromatic heterocycles. The zero-order chi connectivity index (χ0) is 19.3. The molecule has 2 N–H and O–H groups in total. The van der Waals surface area contributed by atoms with E-state index in [4.69, 9.17) is 4.52 Å². The Bertz CT molecular complexity index is 938. The Kier molecular flexibility index (Phi) is 5.32. The molecule has 2 amide bonds. The number of rotatable bonds is 5. The van der Waals surface area contributed by atoms with Crippen LogP contribution in [0.1, 0.15) is 37.3 Å². The molecule has 7 heteroatoms. The zero-order valence-corrected chi connectivity index (χ0v) is 15.3. The first-order chi connectivity index (χ1) is 13.7. The monoisotopic (exact) mass is 380 g/mol. The lowest BCUT2D eigenvalue weighted by Gasteiger charge is -2.25. The van der Waals surface area contributed by atoms with Gasteiger partial charge in [0.1, 0.15) is 5.82 Å². The van der Waals surface area contributed by atoms with E-state index >= 15 is 0 Å². The molecule has 1 aliphatic rings. The maximum Gasteiger partial charge on any atom is 0.329 e. The van der Waals surface area contributed by atoms with Gasteiger partial charge in [-0.3, -0.25) is 5.32 Å². The third-order valence-corrected chi connectivity index (χ3v) is 5.08. The van der Waals surface area contributed by atoms with Crippen LogP contribution in [0.3, 0.4) is 0 Å². The fourth-order valence-corrected chi connectivity index (χ4v) is 3.72. The van der Waals surface area contributed by atoms with E-state index in [0.29, 0.717) is 11.4 Å². The fourth-order valence-electron chi connectivity index (χ4n) is 3.72. The molecule has 1 saturated carbocycles. The van der Waals surface area contributed by atoms with Crippen LogP contribution in [0.5, 0.6) is 0 Å². The molecule has 0 spiro atoms. The number of amides is 2. The van der Waals surface area contributed by atoms with Crippen molar-refractivity contribution in [2.24, 2.45) is 5.92 Å². The van der Waals surface area contributed by atoms with Crippen molar-refractivity contribution in [1.29, 1.82) is 0 Å². The molecular formula is C21H21FN4O2. The van der Waals surface area contributed by atoms with Gasteiger partial charge in [-0.05, 0) is 24.8 Å². The van der Waals surface area contributed by atoms with E-state index in [0.717, 1.165) is 31.2 Å². The fraction of sp³-hybridized carbons (Fsp3) is 0.286. The molecular weight excluding hydrogens is 359 g/mol. The zero-order valence-electron chi connectivity index (χ0n) is 15.3. The SMILES string of the molecule is O=C(Nc1nc(-c2ccccc2)no1)NC(c1ccccc1F)C1CCCC1. The Morgan fingerprint density at radius 1 is 1.07 bits per heavy atom. The number of hydrogen-bond acceptors (Lipinski definition) is 4. The molecule has 1 unspecified atom stereocenters. The van der Waals surface area contributed by atoms with Crippen LogP contribution in [-0.4, -0.2) is 16.2 Å². The van der Waals surface area contributed by atoms with Crippen LogP contribution in [-0.2, 0) is 0 Å². The summed E-state index contributed by atoms with van der Waals surface area (Å²) < 4.78 is 19.5. The van der Waals surface area contributed by atoms with E-state index < -0.39 is 12.1 Å². The summed E-state index contributed by atoms with van der Waals surface area (Å²) in [5.41, 5.74) is 1.29. The van der Waals surface area contributed by atoms with Crippen molar-refractivity contribution in [3.63, 3.8) is 0 Å². The Hall–Kier alpha value is -3.22. The van der Waals surface area contributed by atoms with E-state index in [2.05, 4.69) is 20.8 Å². The van der Waals surface area contributed by atoms with Gasteiger partial charge in [-0.25, -0.2) is 9.18 Å². The number of nitrogens with zero attached hydrogens (tertiary/aromatic N) is 2. The predicted octanol–water partition coefficient (Wildman–Crippen LogP) is 4.93. The van der Waals surface area contributed by atoms with Crippen LogP contribution in [0.25, 0.3) is 11.4 Å². The smallest absolute Gasteiger partial charge is 0.329 e. The molecule has 144 valence electrons. The number of urea groups is 1. The second kappa shape index (κ2) is 8.21. The van der Waals surface area contributed by atoms with Crippen molar-refractivity contribution in [3.8, 4) is 11.4 Å². The Balaban J connectivity index is 1.48. The highest BCUT2D eigenvalue weighted by atomic mass is 19.1.